The second-order valence-corrected chi connectivity index (χ2v) is 9.45. The summed E-state index contributed by atoms with van der Waals surface area (Å²) in [6, 6.07) is 5.22. The Morgan fingerprint density at radius 1 is 1.00 bits per heavy atom. The molecule has 0 aromatic carbocycles. The molecule has 0 saturated heterocycles. The number of nitriles is 1. The number of hydrogen-bond acceptors (Lipinski definition) is 7. The van der Waals surface area contributed by atoms with Crippen molar-refractivity contribution in [3.05, 3.63) is 41.5 Å². The van der Waals surface area contributed by atoms with Crippen molar-refractivity contribution in [3.63, 3.8) is 0 Å². The van der Waals surface area contributed by atoms with Gasteiger partial charge in [-0.1, -0.05) is 44.9 Å². The van der Waals surface area contributed by atoms with Crippen LogP contribution in [0.3, 0.4) is 0 Å². The van der Waals surface area contributed by atoms with Crippen molar-refractivity contribution >= 4 is 29.6 Å². The van der Waals surface area contributed by atoms with Crippen molar-refractivity contribution in [1.29, 1.82) is 5.26 Å². The van der Waals surface area contributed by atoms with Crippen molar-refractivity contribution in [1.82, 2.24) is 20.6 Å². The molecule has 0 unspecified atom stereocenters. The van der Waals surface area contributed by atoms with Gasteiger partial charge in [-0.05, 0) is 31.7 Å². The van der Waals surface area contributed by atoms with E-state index in [1.165, 1.54) is 44.5 Å². The standard InChI is InChI=1S/C21H23FN6O.C4H8.C2H5NO/c22-17-8-13(10-23)11-25-20(17)28-19-9-18(26-15-6-7-15)16(12-24-19)21(29)27-14-4-2-1-3-5-14;1-2-4-3-1;1-3-2-4/h8-9,11-12,14-15H,1-7H2,(H,27,29)(H2,24,25,26,28);1-4H2;2H,1H3,(H,3,4). The summed E-state index contributed by atoms with van der Waals surface area (Å²) in [5, 5.41) is 20.4. The van der Waals surface area contributed by atoms with Gasteiger partial charge in [0.2, 0.25) is 6.41 Å². The number of nitrogens with one attached hydrogen (secondary N) is 4. The largest absolute Gasteiger partial charge is 0.382 e. The average Bonchev–Trinajstić information content (AvgIpc) is 3.69. The number of pyridine rings is 2. The van der Waals surface area contributed by atoms with Crippen LogP contribution in [0.15, 0.2) is 24.5 Å². The highest BCUT2D eigenvalue weighted by Gasteiger charge is 2.25. The Morgan fingerprint density at radius 2 is 1.65 bits per heavy atom. The van der Waals surface area contributed by atoms with Gasteiger partial charge >= 0.3 is 0 Å². The molecule has 2 aromatic rings. The highest BCUT2D eigenvalue weighted by atomic mass is 19.1. The van der Waals surface area contributed by atoms with Gasteiger partial charge in [-0.25, -0.2) is 14.4 Å². The van der Waals surface area contributed by atoms with E-state index in [-0.39, 0.29) is 23.3 Å². The monoisotopic (exact) mass is 509 g/mol. The summed E-state index contributed by atoms with van der Waals surface area (Å²) in [5.41, 5.74) is 1.31. The van der Waals surface area contributed by atoms with Gasteiger partial charge in [0.05, 0.1) is 16.8 Å². The molecular weight excluding hydrogens is 473 g/mol. The van der Waals surface area contributed by atoms with E-state index in [2.05, 4.69) is 31.2 Å². The van der Waals surface area contributed by atoms with E-state index in [9.17, 15) is 9.18 Å². The molecule has 37 heavy (non-hydrogen) atoms. The van der Waals surface area contributed by atoms with Crippen LogP contribution in [0.25, 0.3) is 0 Å². The third-order valence-electron chi connectivity index (χ3n) is 6.36. The minimum Gasteiger partial charge on any atom is -0.382 e. The predicted molar refractivity (Wildman–Crippen MR) is 141 cm³/mol. The summed E-state index contributed by atoms with van der Waals surface area (Å²) in [6.45, 7) is 0. The van der Waals surface area contributed by atoms with E-state index in [1.54, 1.807) is 13.1 Å². The van der Waals surface area contributed by atoms with Crippen LogP contribution in [0.4, 0.5) is 21.7 Å². The first kappa shape index (κ1) is 27.8. The number of amides is 2. The van der Waals surface area contributed by atoms with Gasteiger partial charge in [0, 0.05) is 37.6 Å². The highest BCUT2D eigenvalue weighted by molar-refractivity contribution is 6.00. The molecule has 198 valence electrons. The number of carbonyl (C=O) groups excluding carboxylic acids is 2. The molecule has 3 aliphatic carbocycles. The van der Waals surface area contributed by atoms with Crippen LogP contribution in [-0.4, -0.2) is 41.4 Å². The van der Waals surface area contributed by atoms with E-state index in [0.717, 1.165) is 44.6 Å². The SMILES string of the molecule is C1CCC1.CNC=O.N#Cc1cnc(Nc2cc(NC3CC3)c(C(=O)NC3CCCCC3)cn2)c(F)c1. The van der Waals surface area contributed by atoms with Crippen LogP contribution >= 0.6 is 0 Å². The molecule has 2 amide bonds. The first-order valence-electron chi connectivity index (χ1n) is 13.0. The maximum absolute atomic E-state index is 14.1. The molecule has 0 atom stereocenters. The normalized spacial score (nSPS) is 16.2. The minimum absolute atomic E-state index is 0.0201. The van der Waals surface area contributed by atoms with Crippen LogP contribution in [0.2, 0.25) is 0 Å². The molecule has 10 heteroatoms. The zero-order chi connectivity index (χ0) is 26.5. The third kappa shape index (κ3) is 9.33. The number of rotatable bonds is 7. The number of halogens is 1. The molecule has 3 saturated carbocycles. The molecule has 0 radical (unpaired) electrons. The lowest BCUT2D eigenvalue weighted by Gasteiger charge is -2.23. The summed E-state index contributed by atoms with van der Waals surface area (Å²) in [7, 11) is 1.56. The molecule has 3 fully saturated rings. The summed E-state index contributed by atoms with van der Waals surface area (Å²) < 4.78 is 14.1. The molecule has 2 aromatic heterocycles. The van der Waals surface area contributed by atoms with E-state index in [0.29, 0.717) is 29.5 Å². The summed E-state index contributed by atoms with van der Waals surface area (Å²) >= 11 is 0. The van der Waals surface area contributed by atoms with Crippen molar-refractivity contribution in [2.75, 3.05) is 17.7 Å². The molecule has 4 N–H and O–H groups in total. The molecule has 5 rings (SSSR count). The fourth-order valence-corrected chi connectivity index (χ4v) is 3.74. The second-order valence-electron chi connectivity index (χ2n) is 9.45. The maximum atomic E-state index is 14.1. The first-order valence-corrected chi connectivity index (χ1v) is 13.0. The third-order valence-corrected chi connectivity index (χ3v) is 6.36. The van der Waals surface area contributed by atoms with Crippen LogP contribution in [-0.2, 0) is 4.79 Å². The first-order chi connectivity index (χ1) is 18.0. The molecule has 0 bridgehead atoms. The van der Waals surface area contributed by atoms with Crippen LogP contribution in [0, 0.1) is 17.1 Å². The van der Waals surface area contributed by atoms with Crippen LogP contribution in [0.1, 0.15) is 86.6 Å². The molecule has 0 spiro atoms. The lowest BCUT2D eigenvalue weighted by atomic mass is 9.95. The topological polar surface area (TPSA) is 132 Å². The number of nitrogens with zero attached hydrogens (tertiary/aromatic N) is 3. The van der Waals surface area contributed by atoms with Gasteiger partial charge in [0.25, 0.3) is 5.91 Å². The zero-order valence-corrected chi connectivity index (χ0v) is 21.4. The molecule has 2 heterocycles. The fourth-order valence-electron chi connectivity index (χ4n) is 3.74. The van der Waals surface area contributed by atoms with E-state index in [1.807, 2.05) is 6.07 Å². The smallest absolute Gasteiger partial charge is 0.255 e. The Kier molecular flexibility index (Phi) is 11.1. The number of aromatic nitrogens is 2. The second kappa shape index (κ2) is 14.7. The van der Waals surface area contributed by atoms with Crippen molar-refractivity contribution in [2.45, 2.75) is 82.7 Å². The van der Waals surface area contributed by atoms with Gasteiger partial charge in [0.1, 0.15) is 11.9 Å². The Hall–Kier alpha value is -3.74. The van der Waals surface area contributed by atoms with E-state index < -0.39 is 5.82 Å². The molecule has 9 nitrogen and oxygen atoms in total. The van der Waals surface area contributed by atoms with Gasteiger partial charge in [0.15, 0.2) is 11.6 Å². The Labute approximate surface area is 217 Å². The summed E-state index contributed by atoms with van der Waals surface area (Å²) in [6.07, 6.45) is 17.1. The van der Waals surface area contributed by atoms with Crippen molar-refractivity contribution in [2.24, 2.45) is 0 Å². The van der Waals surface area contributed by atoms with Gasteiger partial charge in [-0.3, -0.25) is 9.59 Å². The summed E-state index contributed by atoms with van der Waals surface area (Å²) in [5.74, 6) is -0.421. The van der Waals surface area contributed by atoms with E-state index in [4.69, 9.17) is 10.1 Å². The number of anilines is 3. The van der Waals surface area contributed by atoms with Crippen molar-refractivity contribution in [3.8, 4) is 6.07 Å². The lowest BCUT2D eigenvalue weighted by Crippen LogP contribution is -2.36. The van der Waals surface area contributed by atoms with Gasteiger partial charge in [-0.2, -0.15) is 5.26 Å². The highest BCUT2D eigenvalue weighted by Crippen LogP contribution is 2.29. The number of hydrogen-bond donors (Lipinski definition) is 4. The maximum Gasteiger partial charge on any atom is 0.255 e. The molecular formula is C27H36FN7O2. The quantitative estimate of drug-likeness (QED) is 0.395. The van der Waals surface area contributed by atoms with Crippen molar-refractivity contribution < 1.29 is 14.0 Å². The molecule has 3 aliphatic rings. The fraction of sp³-hybridized carbons (Fsp3) is 0.519. The predicted octanol–water partition coefficient (Wildman–Crippen LogP) is 4.79. The zero-order valence-electron chi connectivity index (χ0n) is 21.4. The van der Waals surface area contributed by atoms with Crippen LogP contribution in [0.5, 0.6) is 0 Å². The van der Waals surface area contributed by atoms with Gasteiger partial charge in [-0.15, -0.1) is 0 Å². The Morgan fingerprint density at radius 3 is 2.19 bits per heavy atom. The lowest BCUT2D eigenvalue weighted by molar-refractivity contribution is -0.109. The van der Waals surface area contributed by atoms with Gasteiger partial charge < -0.3 is 21.3 Å². The van der Waals surface area contributed by atoms with E-state index >= 15 is 0 Å². The Balaban J connectivity index is 0.000000411. The number of carbonyl (C=O) groups is 2. The Bertz CT molecular complexity index is 1070. The minimum atomic E-state index is -0.637. The molecule has 0 aliphatic heterocycles. The summed E-state index contributed by atoms with van der Waals surface area (Å²) in [4.78, 5) is 30.1. The average molecular weight is 510 g/mol. The van der Waals surface area contributed by atoms with Crippen LogP contribution < -0.4 is 21.3 Å².